The Morgan fingerprint density at radius 2 is 1.31 bits per heavy atom. The van der Waals surface area contributed by atoms with Crippen LogP contribution in [0.5, 0.6) is 0 Å². The van der Waals surface area contributed by atoms with Crippen molar-refractivity contribution in [1.29, 1.82) is 0 Å². The SMILES string of the molecule is CCCCCCOC(=O)C1CCC(C2CCC(CCCCC)CC2)CC1. The number of carbonyl (C=O) groups excluding carboxylic acids is 1. The van der Waals surface area contributed by atoms with Gasteiger partial charge >= 0.3 is 5.97 Å². The molecule has 0 saturated heterocycles. The summed E-state index contributed by atoms with van der Waals surface area (Å²) in [6.45, 7) is 5.15. The third kappa shape index (κ3) is 7.61. The molecular weight excluding hydrogens is 320 g/mol. The smallest absolute Gasteiger partial charge is 0.308 e. The van der Waals surface area contributed by atoms with Crippen molar-refractivity contribution < 1.29 is 9.53 Å². The Morgan fingerprint density at radius 1 is 0.731 bits per heavy atom. The summed E-state index contributed by atoms with van der Waals surface area (Å²) in [5.41, 5.74) is 0. The van der Waals surface area contributed by atoms with E-state index in [2.05, 4.69) is 13.8 Å². The normalized spacial score (nSPS) is 29.5. The molecule has 0 bridgehead atoms. The number of ether oxygens (including phenoxy) is 1. The second kappa shape index (κ2) is 12.8. The minimum absolute atomic E-state index is 0.0968. The average Bonchev–Trinajstić information content (AvgIpc) is 2.68. The summed E-state index contributed by atoms with van der Waals surface area (Å²) in [6.07, 6.45) is 20.9. The van der Waals surface area contributed by atoms with Crippen LogP contribution in [0.1, 0.15) is 117 Å². The first-order chi connectivity index (χ1) is 12.7. The molecule has 2 heteroatoms. The first-order valence-corrected chi connectivity index (χ1v) is 11.9. The number of carbonyl (C=O) groups is 1. The van der Waals surface area contributed by atoms with E-state index >= 15 is 0 Å². The lowest BCUT2D eigenvalue weighted by Gasteiger charge is -2.37. The fourth-order valence-corrected chi connectivity index (χ4v) is 5.28. The molecule has 0 aromatic heterocycles. The van der Waals surface area contributed by atoms with Gasteiger partial charge in [0.15, 0.2) is 0 Å². The summed E-state index contributed by atoms with van der Waals surface area (Å²) >= 11 is 0. The topological polar surface area (TPSA) is 26.3 Å². The Morgan fingerprint density at radius 3 is 1.92 bits per heavy atom. The van der Waals surface area contributed by atoms with Crippen LogP contribution in [0.4, 0.5) is 0 Å². The Hall–Kier alpha value is -0.530. The largest absolute Gasteiger partial charge is 0.465 e. The molecule has 0 atom stereocenters. The van der Waals surface area contributed by atoms with E-state index in [-0.39, 0.29) is 11.9 Å². The fourth-order valence-electron chi connectivity index (χ4n) is 5.28. The molecular formula is C24H44O2. The van der Waals surface area contributed by atoms with Crippen LogP contribution in [0.2, 0.25) is 0 Å². The van der Waals surface area contributed by atoms with Gasteiger partial charge < -0.3 is 4.74 Å². The van der Waals surface area contributed by atoms with E-state index in [1.54, 1.807) is 0 Å². The molecule has 0 heterocycles. The number of unbranched alkanes of at least 4 members (excludes halogenated alkanes) is 5. The average molecular weight is 365 g/mol. The molecule has 2 aliphatic carbocycles. The molecule has 2 rings (SSSR count). The second-order valence-corrected chi connectivity index (χ2v) is 9.12. The van der Waals surface area contributed by atoms with E-state index in [1.165, 1.54) is 83.5 Å². The van der Waals surface area contributed by atoms with Gasteiger partial charge in [-0.25, -0.2) is 0 Å². The highest BCUT2D eigenvalue weighted by Gasteiger charge is 2.33. The first kappa shape index (κ1) is 21.8. The van der Waals surface area contributed by atoms with Crippen molar-refractivity contribution in [2.24, 2.45) is 23.7 Å². The summed E-state index contributed by atoms with van der Waals surface area (Å²) in [5.74, 6) is 3.14. The van der Waals surface area contributed by atoms with Crippen LogP contribution in [-0.4, -0.2) is 12.6 Å². The highest BCUT2D eigenvalue weighted by Crippen LogP contribution is 2.42. The van der Waals surface area contributed by atoms with Crippen molar-refractivity contribution in [2.75, 3.05) is 6.61 Å². The molecule has 0 unspecified atom stereocenters. The Bertz CT molecular complexity index is 362. The maximum Gasteiger partial charge on any atom is 0.308 e. The van der Waals surface area contributed by atoms with Gasteiger partial charge in [-0.05, 0) is 62.7 Å². The number of hydrogen-bond acceptors (Lipinski definition) is 2. The lowest BCUT2D eigenvalue weighted by Crippen LogP contribution is -2.29. The highest BCUT2D eigenvalue weighted by molar-refractivity contribution is 5.72. The van der Waals surface area contributed by atoms with Gasteiger partial charge in [0, 0.05) is 0 Å². The van der Waals surface area contributed by atoms with Gasteiger partial charge in [-0.2, -0.15) is 0 Å². The maximum atomic E-state index is 12.3. The van der Waals surface area contributed by atoms with E-state index in [9.17, 15) is 4.79 Å². The van der Waals surface area contributed by atoms with Crippen molar-refractivity contribution >= 4 is 5.97 Å². The molecule has 2 saturated carbocycles. The third-order valence-corrected chi connectivity index (χ3v) is 7.12. The fraction of sp³-hybridized carbons (Fsp3) is 0.958. The van der Waals surface area contributed by atoms with Gasteiger partial charge in [-0.1, -0.05) is 71.6 Å². The van der Waals surface area contributed by atoms with Gasteiger partial charge in [0.05, 0.1) is 12.5 Å². The van der Waals surface area contributed by atoms with E-state index in [4.69, 9.17) is 4.74 Å². The lowest BCUT2D eigenvalue weighted by molar-refractivity contribution is -0.150. The van der Waals surface area contributed by atoms with Gasteiger partial charge in [-0.3, -0.25) is 4.79 Å². The molecule has 0 amide bonds. The highest BCUT2D eigenvalue weighted by atomic mass is 16.5. The zero-order valence-corrected chi connectivity index (χ0v) is 17.6. The molecule has 2 nitrogen and oxygen atoms in total. The summed E-state index contributed by atoms with van der Waals surface area (Å²) in [7, 11) is 0. The molecule has 0 aromatic carbocycles. The van der Waals surface area contributed by atoms with Crippen LogP contribution in [0.25, 0.3) is 0 Å². The minimum atomic E-state index is 0.0968. The van der Waals surface area contributed by atoms with E-state index in [0.717, 1.165) is 37.0 Å². The van der Waals surface area contributed by atoms with Gasteiger partial charge in [0.1, 0.15) is 0 Å². The predicted octanol–water partition coefficient (Wildman–Crippen LogP) is 7.30. The number of hydrogen-bond donors (Lipinski definition) is 0. The molecule has 0 radical (unpaired) electrons. The van der Waals surface area contributed by atoms with E-state index < -0.39 is 0 Å². The van der Waals surface area contributed by atoms with E-state index in [0.29, 0.717) is 6.61 Å². The predicted molar refractivity (Wildman–Crippen MR) is 110 cm³/mol. The van der Waals surface area contributed by atoms with Crippen LogP contribution >= 0.6 is 0 Å². The first-order valence-electron chi connectivity index (χ1n) is 11.9. The standard InChI is InChI=1S/C24H44O2/c1-3-5-7-9-19-26-24(25)23-17-15-22(16-18-23)21-13-11-20(12-14-21)10-8-6-4-2/h20-23H,3-19H2,1-2H3. The second-order valence-electron chi connectivity index (χ2n) is 9.12. The summed E-state index contributed by atoms with van der Waals surface area (Å²) < 4.78 is 5.53. The van der Waals surface area contributed by atoms with Gasteiger partial charge in [-0.15, -0.1) is 0 Å². The molecule has 0 spiro atoms. The lowest BCUT2D eigenvalue weighted by atomic mass is 9.68. The zero-order valence-electron chi connectivity index (χ0n) is 17.6. The summed E-state index contributed by atoms with van der Waals surface area (Å²) in [5, 5.41) is 0. The van der Waals surface area contributed by atoms with Crippen molar-refractivity contribution in [3.63, 3.8) is 0 Å². The maximum absolute atomic E-state index is 12.3. The van der Waals surface area contributed by atoms with E-state index in [1.807, 2.05) is 0 Å². The van der Waals surface area contributed by atoms with Crippen LogP contribution in [0.15, 0.2) is 0 Å². The van der Waals surface area contributed by atoms with Gasteiger partial charge in [0.2, 0.25) is 0 Å². The number of rotatable bonds is 11. The summed E-state index contributed by atoms with van der Waals surface area (Å²) in [4.78, 5) is 12.3. The van der Waals surface area contributed by atoms with Crippen molar-refractivity contribution in [3.05, 3.63) is 0 Å². The Balaban J connectivity index is 1.57. The zero-order chi connectivity index (χ0) is 18.6. The van der Waals surface area contributed by atoms with Crippen LogP contribution < -0.4 is 0 Å². The summed E-state index contributed by atoms with van der Waals surface area (Å²) in [6, 6.07) is 0. The number of esters is 1. The van der Waals surface area contributed by atoms with Crippen LogP contribution in [-0.2, 0) is 9.53 Å². The quantitative estimate of drug-likeness (QED) is 0.284. The molecule has 0 aromatic rings. The minimum Gasteiger partial charge on any atom is -0.465 e. The molecule has 26 heavy (non-hydrogen) atoms. The third-order valence-electron chi connectivity index (χ3n) is 7.12. The molecule has 0 aliphatic heterocycles. The molecule has 152 valence electrons. The monoisotopic (exact) mass is 364 g/mol. The molecule has 2 aliphatic rings. The molecule has 0 N–H and O–H groups in total. The van der Waals surface area contributed by atoms with Crippen molar-refractivity contribution in [3.8, 4) is 0 Å². The van der Waals surface area contributed by atoms with Crippen LogP contribution in [0, 0.1) is 23.7 Å². The van der Waals surface area contributed by atoms with Crippen molar-refractivity contribution in [2.45, 2.75) is 117 Å². The van der Waals surface area contributed by atoms with Crippen molar-refractivity contribution in [1.82, 2.24) is 0 Å². The van der Waals surface area contributed by atoms with Crippen LogP contribution in [0.3, 0.4) is 0 Å². The van der Waals surface area contributed by atoms with Gasteiger partial charge in [0.25, 0.3) is 0 Å². The Labute approximate surface area is 162 Å². The Kier molecular flexibility index (Phi) is 10.7. The molecule has 2 fully saturated rings.